The topological polar surface area (TPSA) is 12.0 Å². The Morgan fingerprint density at radius 1 is 0.691 bits per heavy atom. The van der Waals surface area contributed by atoms with Gasteiger partial charge in [0.15, 0.2) is 0 Å². The fourth-order valence-corrected chi connectivity index (χ4v) is 13.9. The average Bonchev–Trinajstić information content (AvgIpc) is 3.84. The van der Waals surface area contributed by atoms with Gasteiger partial charge in [-0.05, 0) is 126 Å². The number of halogens is 1. The Hall–Kier alpha value is -4.93. The molecule has 0 amide bonds. The van der Waals surface area contributed by atoms with Crippen LogP contribution in [0.15, 0.2) is 175 Å². The Balaban J connectivity index is 1.04. The highest BCUT2D eigenvalue weighted by atomic mass is 127. The molecule has 12 rings (SSSR count). The molecule has 7 atom stereocenters. The van der Waals surface area contributed by atoms with Crippen LogP contribution < -0.4 is 5.32 Å². The third-order valence-corrected chi connectivity index (χ3v) is 15.9. The van der Waals surface area contributed by atoms with Gasteiger partial charge in [0.25, 0.3) is 0 Å². The van der Waals surface area contributed by atoms with Crippen molar-refractivity contribution in [3.05, 3.63) is 223 Å². The number of allylic oxidation sites excluding steroid dienone is 11. The molecule has 0 aliphatic heterocycles. The molecule has 0 aromatic heterocycles. The van der Waals surface area contributed by atoms with Gasteiger partial charge in [0.2, 0.25) is 0 Å². The zero-order valence-corrected chi connectivity index (χ0v) is 33.6. The van der Waals surface area contributed by atoms with E-state index in [0.29, 0.717) is 5.92 Å². The molecule has 7 aliphatic carbocycles. The molecule has 7 unspecified atom stereocenters. The van der Waals surface area contributed by atoms with Crippen LogP contribution in [0.1, 0.15) is 77.6 Å². The highest BCUT2D eigenvalue weighted by Gasteiger charge is 2.65. The lowest BCUT2D eigenvalue weighted by atomic mass is 9.56. The quantitative estimate of drug-likeness (QED) is 0.175. The van der Waals surface area contributed by atoms with Crippen molar-refractivity contribution >= 4 is 33.9 Å². The third-order valence-electron chi connectivity index (χ3n) is 15.0. The molecule has 5 aromatic carbocycles. The van der Waals surface area contributed by atoms with E-state index in [0.717, 1.165) is 17.8 Å². The third kappa shape index (κ3) is 3.67. The van der Waals surface area contributed by atoms with Gasteiger partial charge in [-0.3, -0.25) is 0 Å². The van der Waals surface area contributed by atoms with Gasteiger partial charge in [-0.1, -0.05) is 160 Å². The van der Waals surface area contributed by atoms with E-state index in [1.165, 1.54) is 70.4 Å². The molecule has 1 nitrogen and oxygen atoms in total. The lowest BCUT2D eigenvalue weighted by Crippen LogP contribution is -2.43. The molecular weight excluding hydrogens is 777 g/mol. The predicted molar refractivity (Wildman–Crippen MR) is 235 cm³/mol. The first-order valence-corrected chi connectivity index (χ1v) is 21.1. The Labute approximate surface area is 338 Å². The van der Waals surface area contributed by atoms with Crippen LogP contribution in [0, 0.1) is 20.8 Å². The van der Waals surface area contributed by atoms with E-state index >= 15 is 0 Å². The number of hydrogen-bond donors (Lipinski definition) is 1. The highest BCUT2D eigenvalue weighted by Crippen LogP contribution is 2.72. The van der Waals surface area contributed by atoms with Crippen LogP contribution in [0.2, 0.25) is 0 Å². The Kier molecular flexibility index (Phi) is 6.40. The minimum atomic E-state index is -0.318. The molecule has 0 saturated heterocycles. The summed E-state index contributed by atoms with van der Waals surface area (Å²) >= 11 is 2.61. The van der Waals surface area contributed by atoms with Crippen LogP contribution in [0.3, 0.4) is 0 Å². The van der Waals surface area contributed by atoms with Crippen molar-refractivity contribution in [1.82, 2.24) is 0 Å². The van der Waals surface area contributed by atoms with E-state index in [9.17, 15) is 0 Å². The first-order valence-electron chi connectivity index (χ1n) is 20.0. The number of rotatable bonds is 2. The summed E-state index contributed by atoms with van der Waals surface area (Å²) in [5.74, 6) is 1.00. The number of hydrogen-bond acceptors (Lipinski definition) is 1. The molecule has 0 fully saturated rings. The lowest BCUT2D eigenvalue weighted by molar-refractivity contribution is 0.291. The second kappa shape index (κ2) is 10.9. The summed E-state index contributed by atoms with van der Waals surface area (Å²) in [4.78, 5) is 0. The minimum Gasteiger partial charge on any atom is -0.356 e. The number of fused-ring (bicyclic) bond motifs is 19. The van der Waals surface area contributed by atoms with Crippen molar-refractivity contribution in [2.75, 3.05) is 5.32 Å². The Morgan fingerprint density at radius 3 is 2.33 bits per heavy atom. The van der Waals surface area contributed by atoms with Gasteiger partial charge < -0.3 is 5.32 Å². The van der Waals surface area contributed by atoms with Gasteiger partial charge in [0.1, 0.15) is 0 Å². The maximum atomic E-state index is 4.05. The van der Waals surface area contributed by atoms with Crippen LogP contribution in [0.25, 0.3) is 16.7 Å². The summed E-state index contributed by atoms with van der Waals surface area (Å²) in [7, 11) is 0. The van der Waals surface area contributed by atoms with Gasteiger partial charge in [-0.15, -0.1) is 0 Å². The average molecular weight is 820 g/mol. The number of benzene rings is 5. The van der Waals surface area contributed by atoms with Gasteiger partial charge >= 0.3 is 0 Å². The van der Waals surface area contributed by atoms with Crippen LogP contribution in [-0.4, -0.2) is 0 Å². The molecule has 0 heterocycles. The molecule has 2 heteroatoms. The molecule has 266 valence electrons. The number of nitrogens with one attached hydrogen (secondary N) is 1. The number of anilines is 1. The van der Waals surface area contributed by atoms with Crippen molar-refractivity contribution in [3.8, 4) is 11.1 Å². The van der Waals surface area contributed by atoms with Crippen LogP contribution in [-0.2, 0) is 16.2 Å². The Morgan fingerprint density at radius 2 is 1.45 bits per heavy atom. The summed E-state index contributed by atoms with van der Waals surface area (Å²) in [6.07, 6.45) is 23.0. The van der Waals surface area contributed by atoms with E-state index in [-0.39, 0.29) is 33.5 Å². The van der Waals surface area contributed by atoms with E-state index in [4.69, 9.17) is 0 Å². The summed E-state index contributed by atoms with van der Waals surface area (Å²) < 4.78 is 1.33. The molecule has 5 aromatic rings. The molecule has 1 N–H and O–H groups in total. The van der Waals surface area contributed by atoms with E-state index in [1.807, 2.05) is 0 Å². The van der Waals surface area contributed by atoms with Crippen molar-refractivity contribution in [3.63, 3.8) is 0 Å². The van der Waals surface area contributed by atoms with E-state index in [2.05, 4.69) is 213 Å². The summed E-state index contributed by atoms with van der Waals surface area (Å²) in [6.45, 7) is 7.42. The SMILES string of the molecule is CC1CC=CC2=C1c1ccc(NC3=CC4(C)C(C=C3)c3ccccc3C43c4ccccc4-c4cccc(I)c43)cc1C21c2ccccc2C2(C)C=CC=CC21. The zero-order chi connectivity index (χ0) is 36.9. The molecule has 0 radical (unpaired) electrons. The van der Waals surface area contributed by atoms with Crippen molar-refractivity contribution in [2.45, 2.75) is 49.4 Å². The minimum absolute atomic E-state index is 0.0849. The van der Waals surface area contributed by atoms with E-state index in [1.54, 1.807) is 0 Å². The van der Waals surface area contributed by atoms with Crippen molar-refractivity contribution < 1.29 is 0 Å². The highest BCUT2D eigenvalue weighted by molar-refractivity contribution is 14.1. The van der Waals surface area contributed by atoms with E-state index < -0.39 is 0 Å². The molecule has 0 saturated carbocycles. The molecule has 55 heavy (non-hydrogen) atoms. The summed E-state index contributed by atoms with van der Waals surface area (Å²) in [6, 6.07) is 42.0. The van der Waals surface area contributed by atoms with Crippen LogP contribution in [0.4, 0.5) is 5.69 Å². The summed E-state index contributed by atoms with van der Waals surface area (Å²) in [5.41, 5.74) is 18.8. The largest absolute Gasteiger partial charge is 0.356 e. The zero-order valence-electron chi connectivity index (χ0n) is 31.4. The van der Waals surface area contributed by atoms with Gasteiger partial charge in [-0.2, -0.15) is 0 Å². The van der Waals surface area contributed by atoms with Crippen molar-refractivity contribution in [2.24, 2.45) is 17.3 Å². The second-order valence-electron chi connectivity index (χ2n) is 17.4. The first-order chi connectivity index (χ1) is 26.8. The van der Waals surface area contributed by atoms with Gasteiger partial charge in [-0.25, -0.2) is 0 Å². The van der Waals surface area contributed by atoms with Crippen LogP contribution >= 0.6 is 22.6 Å². The van der Waals surface area contributed by atoms with Crippen LogP contribution in [0.5, 0.6) is 0 Å². The first kappa shape index (κ1) is 32.3. The fourth-order valence-electron chi connectivity index (χ4n) is 13.0. The predicted octanol–water partition coefficient (Wildman–Crippen LogP) is 12.9. The monoisotopic (exact) mass is 819 g/mol. The summed E-state index contributed by atoms with van der Waals surface area (Å²) in [5, 5.41) is 4.05. The second-order valence-corrected chi connectivity index (χ2v) is 18.5. The fraction of sp³-hybridized carbons (Fsp3) is 0.208. The molecule has 2 spiro atoms. The standard InChI is InChI=1S/C53H42IN/c1-32-14-12-22-44-48(32)38-27-25-33(30-45(38)52(44)43-21-9-8-20-42(43)50(2)29-11-10-24-47(50)52)55-34-26-28-39-37-16-5-7-19-41(37)53(51(39,3)31-34)40-18-6-4-15-35(40)36-17-13-23-46(54)49(36)53/h4-13,15-32,39,47,55H,14H2,1-3H3. The van der Waals surface area contributed by atoms with Gasteiger partial charge in [0, 0.05) is 37.6 Å². The Bertz CT molecular complexity index is 2750. The van der Waals surface area contributed by atoms with Gasteiger partial charge in [0.05, 0.1) is 10.8 Å². The lowest BCUT2D eigenvalue weighted by Gasteiger charge is -2.46. The maximum absolute atomic E-state index is 4.05. The molecule has 0 bridgehead atoms. The molecule has 7 aliphatic rings. The maximum Gasteiger partial charge on any atom is 0.0574 e. The normalized spacial score (nSPS) is 31.8. The van der Waals surface area contributed by atoms with Crippen molar-refractivity contribution in [1.29, 1.82) is 0 Å². The smallest absolute Gasteiger partial charge is 0.0574 e. The molecular formula is C53H42IN.